The molecule has 3 rings (SSSR count). The van der Waals surface area contributed by atoms with Crippen molar-refractivity contribution in [1.29, 1.82) is 0 Å². The molecule has 0 bridgehead atoms. The number of nitrogens with one attached hydrogen (secondary N) is 1. The summed E-state index contributed by atoms with van der Waals surface area (Å²) in [5.41, 5.74) is 11.2. The van der Waals surface area contributed by atoms with Crippen LogP contribution in [0.4, 0.5) is 20.2 Å². The predicted octanol–water partition coefficient (Wildman–Crippen LogP) is 3.37. The normalized spacial score (nSPS) is 10.6. The number of pyridine rings is 2. The SMILES string of the molecule is NCCCCOc1ccncc1NC(=O)c1nc(-c2c(F)cccc2F)ccc1N. The van der Waals surface area contributed by atoms with Crippen LogP contribution in [-0.2, 0) is 0 Å². The van der Waals surface area contributed by atoms with Crippen LogP contribution in [0.5, 0.6) is 5.75 Å². The van der Waals surface area contributed by atoms with Crippen LogP contribution in [0.2, 0.25) is 0 Å². The molecule has 0 atom stereocenters. The average Bonchev–Trinajstić information content (AvgIpc) is 2.73. The maximum absolute atomic E-state index is 14.1. The molecule has 0 aliphatic heterocycles. The summed E-state index contributed by atoms with van der Waals surface area (Å²) >= 11 is 0. The first-order valence-electron chi connectivity index (χ1n) is 9.30. The third-order valence-corrected chi connectivity index (χ3v) is 4.25. The highest BCUT2D eigenvalue weighted by atomic mass is 19.1. The minimum Gasteiger partial charge on any atom is -0.491 e. The number of carbonyl (C=O) groups excluding carboxylic acids is 1. The zero-order valence-corrected chi connectivity index (χ0v) is 16.1. The van der Waals surface area contributed by atoms with Crippen molar-refractivity contribution >= 4 is 17.3 Å². The van der Waals surface area contributed by atoms with E-state index in [1.54, 1.807) is 6.07 Å². The van der Waals surface area contributed by atoms with Gasteiger partial charge in [-0.1, -0.05) is 6.07 Å². The molecule has 1 amide bonds. The van der Waals surface area contributed by atoms with Gasteiger partial charge in [0.25, 0.3) is 5.91 Å². The minimum atomic E-state index is -0.793. The van der Waals surface area contributed by atoms with Gasteiger partial charge in [0.1, 0.15) is 23.1 Å². The molecule has 7 nitrogen and oxygen atoms in total. The number of nitrogens with zero attached hydrogens (tertiary/aromatic N) is 2. The first-order chi connectivity index (χ1) is 14.5. The maximum Gasteiger partial charge on any atom is 0.276 e. The fraction of sp³-hybridized carbons (Fsp3) is 0.190. The molecule has 0 saturated carbocycles. The second-order valence-electron chi connectivity index (χ2n) is 6.40. The number of amides is 1. The Bertz CT molecular complexity index is 1030. The lowest BCUT2D eigenvalue weighted by Gasteiger charge is -2.13. The highest BCUT2D eigenvalue weighted by molar-refractivity contribution is 6.07. The van der Waals surface area contributed by atoms with Gasteiger partial charge < -0.3 is 21.5 Å². The quantitative estimate of drug-likeness (QED) is 0.488. The fourth-order valence-corrected chi connectivity index (χ4v) is 2.75. The molecule has 2 heterocycles. The van der Waals surface area contributed by atoms with Crippen molar-refractivity contribution in [2.45, 2.75) is 12.8 Å². The molecular weight excluding hydrogens is 392 g/mol. The van der Waals surface area contributed by atoms with Crippen LogP contribution < -0.4 is 21.5 Å². The predicted molar refractivity (Wildman–Crippen MR) is 110 cm³/mol. The number of hydrogen-bond donors (Lipinski definition) is 3. The van der Waals surface area contributed by atoms with E-state index >= 15 is 0 Å². The Labute approximate surface area is 172 Å². The zero-order valence-electron chi connectivity index (χ0n) is 16.1. The molecule has 0 radical (unpaired) electrons. The lowest BCUT2D eigenvalue weighted by molar-refractivity contribution is 0.102. The van der Waals surface area contributed by atoms with Crippen LogP contribution in [-0.4, -0.2) is 29.0 Å². The molecule has 5 N–H and O–H groups in total. The monoisotopic (exact) mass is 413 g/mol. The molecule has 0 aliphatic carbocycles. The van der Waals surface area contributed by atoms with Crippen LogP contribution >= 0.6 is 0 Å². The van der Waals surface area contributed by atoms with Crippen LogP contribution in [0.1, 0.15) is 23.3 Å². The molecule has 0 fully saturated rings. The number of unbranched alkanes of at least 4 members (excludes halogenated alkanes) is 1. The summed E-state index contributed by atoms with van der Waals surface area (Å²) in [7, 11) is 0. The summed E-state index contributed by atoms with van der Waals surface area (Å²) in [5.74, 6) is -1.82. The van der Waals surface area contributed by atoms with E-state index in [0.717, 1.165) is 25.0 Å². The lowest BCUT2D eigenvalue weighted by Crippen LogP contribution is -2.17. The van der Waals surface area contributed by atoms with E-state index < -0.39 is 17.5 Å². The Hall–Kier alpha value is -3.59. The van der Waals surface area contributed by atoms with Crippen molar-refractivity contribution in [1.82, 2.24) is 9.97 Å². The van der Waals surface area contributed by atoms with E-state index in [0.29, 0.717) is 24.6 Å². The molecular formula is C21H21F2N5O2. The molecule has 2 aromatic heterocycles. The molecule has 3 aromatic rings. The number of nitrogen functional groups attached to an aromatic ring is 1. The van der Waals surface area contributed by atoms with Crippen molar-refractivity contribution in [3.8, 4) is 17.0 Å². The molecule has 0 aliphatic rings. The number of hydrogen-bond acceptors (Lipinski definition) is 6. The van der Waals surface area contributed by atoms with Crippen molar-refractivity contribution < 1.29 is 18.3 Å². The van der Waals surface area contributed by atoms with E-state index in [9.17, 15) is 13.6 Å². The van der Waals surface area contributed by atoms with Gasteiger partial charge in [-0.2, -0.15) is 0 Å². The average molecular weight is 413 g/mol. The molecule has 30 heavy (non-hydrogen) atoms. The second-order valence-corrected chi connectivity index (χ2v) is 6.40. The van der Waals surface area contributed by atoms with Gasteiger partial charge in [-0.15, -0.1) is 0 Å². The topological polar surface area (TPSA) is 116 Å². The highest BCUT2D eigenvalue weighted by Crippen LogP contribution is 2.27. The van der Waals surface area contributed by atoms with E-state index in [2.05, 4.69) is 15.3 Å². The Balaban J connectivity index is 1.85. The summed E-state index contributed by atoms with van der Waals surface area (Å²) in [6, 6.07) is 7.80. The minimum absolute atomic E-state index is 0.0469. The van der Waals surface area contributed by atoms with E-state index in [1.165, 1.54) is 30.6 Å². The van der Waals surface area contributed by atoms with Gasteiger partial charge in [-0.25, -0.2) is 13.8 Å². The summed E-state index contributed by atoms with van der Waals surface area (Å²) in [4.78, 5) is 20.8. The van der Waals surface area contributed by atoms with Gasteiger partial charge in [0.2, 0.25) is 0 Å². The number of aromatic nitrogens is 2. The summed E-state index contributed by atoms with van der Waals surface area (Å²) in [6.45, 7) is 0.986. The third-order valence-electron chi connectivity index (χ3n) is 4.25. The summed E-state index contributed by atoms with van der Waals surface area (Å²) in [6.07, 6.45) is 4.53. The number of carbonyl (C=O) groups is 1. The van der Waals surface area contributed by atoms with Gasteiger partial charge in [0, 0.05) is 12.3 Å². The molecule has 156 valence electrons. The van der Waals surface area contributed by atoms with E-state index in [-0.39, 0.29) is 22.6 Å². The number of rotatable bonds is 8. The first-order valence-corrected chi connectivity index (χ1v) is 9.30. The molecule has 0 unspecified atom stereocenters. The van der Waals surface area contributed by atoms with E-state index in [1.807, 2.05) is 0 Å². The van der Waals surface area contributed by atoms with Crippen molar-refractivity contribution in [3.05, 3.63) is 66.1 Å². The number of nitrogens with two attached hydrogens (primary N) is 2. The molecule has 0 spiro atoms. The third kappa shape index (κ3) is 4.87. The number of halogens is 2. The van der Waals surface area contributed by atoms with Gasteiger partial charge >= 0.3 is 0 Å². The number of benzene rings is 1. The van der Waals surface area contributed by atoms with Gasteiger partial charge in [0.15, 0.2) is 5.69 Å². The van der Waals surface area contributed by atoms with Gasteiger partial charge in [-0.3, -0.25) is 9.78 Å². The molecule has 0 saturated heterocycles. The van der Waals surface area contributed by atoms with Gasteiger partial charge in [0.05, 0.1) is 29.7 Å². The summed E-state index contributed by atoms with van der Waals surface area (Å²) in [5, 5.41) is 2.64. The van der Waals surface area contributed by atoms with Crippen LogP contribution in [0.3, 0.4) is 0 Å². The smallest absolute Gasteiger partial charge is 0.276 e. The Morgan fingerprint density at radius 3 is 2.60 bits per heavy atom. The fourth-order valence-electron chi connectivity index (χ4n) is 2.75. The van der Waals surface area contributed by atoms with E-state index in [4.69, 9.17) is 16.2 Å². The second kappa shape index (κ2) is 9.75. The van der Waals surface area contributed by atoms with Crippen LogP contribution in [0.15, 0.2) is 48.8 Å². The molecule has 1 aromatic carbocycles. The maximum atomic E-state index is 14.1. The Morgan fingerprint density at radius 2 is 1.87 bits per heavy atom. The number of anilines is 2. The number of ether oxygens (including phenoxy) is 1. The van der Waals surface area contributed by atoms with Crippen molar-refractivity contribution in [2.75, 3.05) is 24.2 Å². The zero-order chi connectivity index (χ0) is 21.5. The Kier molecular flexibility index (Phi) is 6.87. The molecule has 9 heteroatoms. The largest absolute Gasteiger partial charge is 0.491 e. The van der Waals surface area contributed by atoms with Crippen LogP contribution in [0.25, 0.3) is 11.3 Å². The summed E-state index contributed by atoms with van der Waals surface area (Å²) < 4.78 is 33.9. The highest BCUT2D eigenvalue weighted by Gasteiger charge is 2.19. The standard InChI is InChI=1S/C21H21F2N5O2/c22-13-4-3-5-14(23)19(13)16-7-6-15(25)20(27-16)21(29)28-17-12-26-10-8-18(17)30-11-2-1-9-24/h3-8,10,12H,1-2,9,11,24-25H2,(H,28,29). The Morgan fingerprint density at radius 1 is 1.10 bits per heavy atom. The lowest BCUT2D eigenvalue weighted by atomic mass is 10.1. The van der Waals surface area contributed by atoms with Gasteiger partial charge in [-0.05, 0) is 43.7 Å². The van der Waals surface area contributed by atoms with Crippen molar-refractivity contribution in [3.63, 3.8) is 0 Å². The van der Waals surface area contributed by atoms with Crippen LogP contribution in [0, 0.1) is 11.6 Å². The first kappa shape index (κ1) is 21.1. The van der Waals surface area contributed by atoms with Crippen molar-refractivity contribution in [2.24, 2.45) is 5.73 Å².